The summed E-state index contributed by atoms with van der Waals surface area (Å²) in [6, 6.07) is 0. The summed E-state index contributed by atoms with van der Waals surface area (Å²) < 4.78 is 0. The predicted octanol–water partition coefficient (Wildman–Crippen LogP) is 1.47. The molecular formula is C14H31N3O. The SMILES string of the molecule is CCC(C)(C)NC(=O)CNCC(C)(C)CN(C)C. The third-order valence-corrected chi connectivity index (χ3v) is 3.00. The normalized spacial score (nSPS) is 12.9. The van der Waals surface area contributed by atoms with E-state index in [0.717, 1.165) is 19.5 Å². The molecule has 0 unspecified atom stereocenters. The molecule has 0 aliphatic carbocycles. The Hall–Kier alpha value is -0.610. The van der Waals surface area contributed by atoms with Crippen LogP contribution in [0.25, 0.3) is 0 Å². The zero-order chi connectivity index (χ0) is 14.4. The number of nitrogens with one attached hydrogen (secondary N) is 2. The third-order valence-electron chi connectivity index (χ3n) is 3.00. The molecule has 0 aliphatic rings. The van der Waals surface area contributed by atoms with E-state index in [1.165, 1.54) is 0 Å². The lowest BCUT2D eigenvalue weighted by Gasteiger charge is -2.29. The number of rotatable bonds is 8. The number of amides is 1. The molecular weight excluding hydrogens is 226 g/mol. The van der Waals surface area contributed by atoms with Gasteiger partial charge in [-0.05, 0) is 39.8 Å². The van der Waals surface area contributed by atoms with Crippen molar-refractivity contribution in [3.8, 4) is 0 Å². The van der Waals surface area contributed by atoms with Crippen molar-refractivity contribution >= 4 is 5.91 Å². The highest BCUT2D eigenvalue weighted by molar-refractivity contribution is 5.78. The molecule has 0 fully saturated rings. The molecule has 4 nitrogen and oxygen atoms in total. The van der Waals surface area contributed by atoms with Gasteiger partial charge in [0.25, 0.3) is 0 Å². The first kappa shape index (κ1) is 17.4. The van der Waals surface area contributed by atoms with Gasteiger partial charge in [-0.1, -0.05) is 20.8 Å². The highest BCUT2D eigenvalue weighted by atomic mass is 16.2. The summed E-state index contributed by atoms with van der Waals surface area (Å²) in [6.07, 6.45) is 0.935. The van der Waals surface area contributed by atoms with E-state index >= 15 is 0 Å². The van der Waals surface area contributed by atoms with E-state index in [-0.39, 0.29) is 16.9 Å². The summed E-state index contributed by atoms with van der Waals surface area (Å²) in [7, 11) is 4.14. The maximum absolute atomic E-state index is 11.7. The Bertz CT molecular complexity index is 260. The predicted molar refractivity (Wildman–Crippen MR) is 77.7 cm³/mol. The number of nitrogens with zero attached hydrogens (tertiary/aromatic N) is 1. The van der Waals surface area contributed by atoms with Crippen molar-refractivity contribution in [1.82, 2.24) is 15.5 Å². The van der Waals surface area contributed by atoms with Crippen LogP contribution in [0.4, 0.5) is 0 Å². The number of carbonyl (C=O) groups excluding carboxylic acids is 1. The van der Waals surface area contributed by atoms with Crippen molar-refractivity contribution < 1.29 is 4.79 Å². The smallest absolute Gasteiger partial charge is 0.234 e. The molecule has 0 saturated heterocycles. The van der Waals surface area contributed by atoms with Crippen molar-refractivity contribution in [3.05, 3.63) is 0 Å². The van der Waals surface area contributed by atoms with E-state index in [0.29, 0.717) is 6.54 Å². The van der Waals surface area contributed by atoms with E-state index < -0.39 is 0 Å². The Morgan fingerprint density at radius 3 is 2.17 bits per heavy atom. The van der Waals surface area contributed by atoms with Gasteiger partial charge in [0.05, 0.1) is 6.54 Å². The minimum Gasteiger partial charge on any atom is -0.350 e. The molecule has 0 saturated carbocycles. The van der Waals surface area contributed by atoms with Gasteiger partial charge in [-0.25, -0.2) is 0 Å². The molecule has 2 N–H and O–H groups in total. The fourth-order valence-corrected chi connectivity index (χ4v) is 1.94. The van der Waals surface area contributed by atoms with Gasteiger partial charge in [0.1, 0.15) is 0 Å². The van der Waals surface area contributed by atoms with Gasteiger partial charge in [0, 0.05) is 18.6 Å². The Kier molecular flexibility index (Phi) is 6.86. The second-order valence-corrected chi connectivity index (χ2v) is 6.79. The Morgan fingerprint density at radius 2 is 1.72 bits per heavy atom. The third kappa shape index (κ3) is 8.48. The quantitative estimate of drug-likeness (QED) is 0.692. The molecule has 18 heavy (non-hydrogen) atoms. The minimum absolute atomic E-state index is 0.0718. The van der Waals surface area contributed by atoms with Gasteiger partial charge < -0.3 is 15.5 Å². The maximum Gasteiger partial charge on any atom is 0.234 e. The van der Waals surface area contributed by atoms with Crippen LogP contribution >= 0.6 is 0 Å². The van der Waals surface area contributed by atoms with Gasteiger partial charge in [-0.15, -0.1) is 0 Å². The fraction of sp³-hybridized carbons (Fsp3) is 0.929. The Labute approximate surface area is 113 Å². The highest BCUT2D eigenvalue weighted by Crippen LogP contribution is 2.13. The van der Waals surface area contributed by atoms with Crippen LogP contribution in [0.3, 0.4) is 0 Å². The van der Waals surface area contributed by atoms with Crippen molar-refractivity contribution in [3.63, 3.8) is 0 Å². The molecule has 0 rings (SSSR count). The van der Waals surface area contributed by atoms with E-state index in [1.54, 1.807) is 0 Å². The van der Waals surface area contributed by atoms with E-state index in [1.807, 2.05) is 13.8 Å². The molecule has 1 amide bonds. The van der Waals surface area contributed by atoms with Crippen molar-refractivity contribution in [1.29, 1.82) is 0 Å². The van der Waals surface area contributed by atoms with E-state index in [2.05, 4.69) is 50.4 Å². The van der Waals surface area contributed by atoms with Crippen molar-refractivity contribution in [2.45, 2.75) is 46.6 Å². The molecule has 0 spiro atoms. The summed E-state index contributed by atoms with van der Waals surface area (Å²) in [5.74, 6) is 0.0718. The average molecular weight is 257 g/mol. The lowest BCUT2D eigenvalue weighted by atomic mass is 9.93. The van der Waals surface area contributed by atoms with Gasteiger partial charge >= 0.3 is 0 Å². The standard InChI is InChI=1S/C14H31N3O/c1-8-14(4,5)16-12(18)9-15-10-13(2,3)11-17(6)7/h15H,8-11H2,1-7H3,(H,16,18). The van der Waals surface area contributed by atoms with Crippen LogP contribution in [0.15, 0.2) is 0 Å². The van der Waals surface area contributed by atoms with E-state index in [9.17, 15) is 4.79 Å². The molecule has 0 radical (unpaired) electrons. The highest BCUT2D eigenvalue weighted by Gasteiger charge is 2.20. The van der Waals surface area contributed by atoms with E-state index in [4.69, 9.17) is 0 Å². The van der Waals surface area contributed by atoms with Crippen LogP contribution in [0.5, 0.6) is 0 Å². The number of hydrogen-bond acceptors (Lipinski definition) is 3. The van der Waals surface area contributed by atoms with Crippen LogP contribution in [-0.4, -0.2) is 50.1 Å². The molecule has 108 valence electrons. The second kappa shape index (κ2) is 7.10. The molecule has 4 heteroatoms. The maximum atomic E-state index is 11.7. The topological polar surface area (TPSA) is 44.4 Å². The molecule has 0 aliphatic heterocycles. The van der Waals surface area contributed by atoms with Crippen LogP contribution in [0.2, 0.25) is 0 Å². The molecule has 0 aromatic rings. The first-order valence-corrected chi connectivity index (χ1v) is 6.74. The summed E-state index contributed by atoms with van der Waals surface area (Å²) in [5, 5.41) is 6.26. The lowest BCUT2D eigenvalue weighted by Crippen LogP contribution is -2.48. The Balaban J connectivity index is 3.94. The Morgan fingerprint density at radius 1 is 1.17 bits per heavy atom. The summed E-state index contributed by atoms with van der Waals surface area (Å²) in [4.78, 5) is 13.9. The van der Waals surface area contributed by atoms with Crippen LogP contribution in [-0.2, 0) is 4.79 Å². The first-order chi connectivity index (χ1) is 8.08. The minimum atomic E-state index is -0.113. The fourth-order valence-electron chi connectivity index (χ4n) is 1.94. The monoisotopic (exact) mass is 257 g/mol. The average Bonchev–Trinajstić information content (AvgIpc) is 2.14. The molecule has 0 aromatic carbocycles. The van der Waals surface area contributed by atoms with Crippen LogP contribution < -0.4 is 10.6 Å². The van der Waals surface area contributed by atoms with Crippen LogP contribution in [0, 0.1) is 5.41 Å². The van der Waals surface area contributed by atoms with Gasteiger partial charge in [0.15, 0.2) is 0 Å². The molecule has 0 bridgehead atoms. The first-order valence-electron chi connectivity index (χ1n) is 6.74. The van der Waals surface area contributed by atoms with Crippen LogP contribution in [0.1, 0.15) is 41.0 Å². The number of carbonyl (C=O) groups is 1. The van der Waals surface area contributed by atoms with Crippen molar-refractivity contribution in [2.75, 3.05) is 33.7 Å². The number of hydrogen-bond donors (Lipinski definition) is 2. The summed E-state index contributed by atoms with van der Waals surface area (Å²) in [6.45, 7) is 12.8. The molecule has 0 atom stereocenters. The zero-order valence-corrected chi connectivity index (χ0v) is 13.2. The largest absolute Gasteiger partial charge is 0.350 e. The summed E-state index contributed by atoms with van der Waals surface area (Å²) >= 11 is 0. The summed E-state index contributed by atoms with van der Waals surface area (Å²) in [5.41, 5.74) is 0.0575. The molecule has 0 aromatic heterocycles. The van der Waals surface area contributed by atoms with Gasteiger partial charge in [-0.2, -0.15) is 0 Å². The van der Waals surface area contributed by atoms with Crippen molar-refractivity contribution in [2.24, 2.45) is 5.41 Å². The second-order valence-electron chi connectivity index (χ2n) is 6.79. The van der Waals surface area contributed by atoms with Gasteiger partial charge in [0.2, 0.25) is 5.91 Å². The zero-order valence-electron chi connectivity index (χ0n) is 13.2. The lowest BCUT2D eigenvalue weighted by molar-refractivity contribution is -0.121. The van der Waals surface area contributed by atoms with Gasteiger partial charge in [-0.3, -0.25) is 4.79 Å². The molecule has 0 heterocycles.